The molecule has 3 N–H and O–H groups in total. The van der Waals surface area contributed by atoms with E-state index in [2.05, 4.69) is 42.3 Å². The van der Waals surface area contributed by atoms with Crippen LogP contribution < -0.4 is 10.1 Å². The van der Waals surface area contributed by atoms with Crippen molar-refractivity contribution in [3.63, 3.8) is 0 Å². The minimum absolute atomic E-state index is 0.0855. The molecule has 2 aromatic carbocycles. The summed E-state index contributed by atoms with van der Waals surface area (Å²) in [6, 6.07) is 18.8. The molecule has 1 saturated heterocycles. The van der Waals surface area contributed by atoms with Crippen LogP contribution in [-0.2, 0) is 6.42 Å². The Morgan fingerprint density at radius 1 is 1.05 bits per heavy atom. The molecule has 0 radical (unpaired) electrons. The Morgan fingerprint density at radius 2 is 1.88 bits per heavy atom. The molecule has 0 spiro atoms. The zero-order valence-electron chi connectivity index (χ0n) is 23.6. The third kappa shape index (κ3) is 6.11. The lowest BCUT2D eigenvalue weighted by Crippen LogP contribution is -2.44. The number of methoxy groups -OCH3 is 1. The van der Waals surface area contributed by atoms with Crippen molar-refractivity contribution >= 4 is 16.9 Å². The molecular weight excluding hydrogens is 528 g/mol. The van der Waals surface area contributed by atoms with Gasteiger partial charge in [-0.1, -0.05) is 6.07 Å². The van der Waals surface area contributed by atoms with Crippen molar-refractivity contribution in [1.29, 1.82) is 0 Å². The van der Waals surface area contributed by atoms with E-state index in [1.807, 2.05) is 48.8 Å². The number of likely N-dealkylation sites (tertiary alicyclic amines) is 1. The van der Waals surface area contributed by atoms with Crippen LogP contribution in [-0.4, -0.2) is 68.6 Å². The lowest BCUT2D eigenvalue weighted by molar-refractivity contribution is 0.0911. The van der Waals surface area contributed by atoms with Gasteiger partial charge >= 0.3 is 0 Å². The number of ether oxygens (including phenoxy) is 1. The number of fused-ring (bicyclic) bond motifs is 1. The van der Waals surface area contributed by atoms with E-state index in [4.69, 9.17) is 4.74 Å². The highest BCUT2D eigenvalue weighted by Crippen LogP contribution is 2.35. The molecule has 6 rings (SSSR count). The van der Waals surface area contributed by atoms with Gasteiger partial charge in [0.15, 0.2) is 0 Å². The molecule has 0 saturated carbocycles. The maximum Gasteiger partial charge on any atom is 0.251 e. The number of aromatic hydroxyl groups is 1. The van der Waals surface area contributed by atoms with Gasteiger partial charge in [0.2, 0.25) is 5.88 Å². The third-order valence-electron chi connectivity index (χ3n) is 7.88. The summed E-state index contributed by atoms with van der Waals surface area (Å²) in [6.45, 7) is 3.03. The molecule has 42 heavy (non-hydrogen) atoms. The van der Waals surface area contributed by atoms with Crippen LogP contribution in [0.2, 0.25) is 0 Å². The number of piperidine rings is 1. The molecule has 0 atom stereocenters. The molecule has 1 amide bonds. The highest BCUT2D eigenvalue weighted by molar-refractivity contribution is 5.98. The Morgan fingerprint density at radius 3 is 2.69 bits per heavy atom. The summed E-state index contributed by atoms with van der Waals surface area (Å²) in [6.07, 6.45) is 9.42. The van der Waals surface area contributed by atoms with Crippen molar-refractivity contribution in [1.82, 2.24) is 30.2 Å². The fourth-order valence-corrected chi connectivity index (χ4v) is 5.57. The summed E-state index contributed by atoms with van der Waals surface area (Å²) < 4.78 is 5.41. The van der Waals surface area contributed by atoms with Gasteiger partial charge in [0, 0.05) is 48.8 Å². The van der Waals surface area contributed by atoms with Gasteiger partial charge in [-0.15, -0.1) is 0 Å². The number of hydrogen-bond donors (Lipinski definition) is 3. The zero-order chi connectivity index (χ0) is 28.9. The second kappa shape index (κ2) is 12.4. The van der Waals surface area contributed by atoms with Crippen LogP contribution in [0, 0.1) is 0 Å². The molecule has 0 aliphatic carbocycles. The van der Waals surface area contributed by atoms with Crippen molar-refractivity contribution in [3.05, 3.63) is 90.4 Å². The van der Waals surface area contributed by atoms with E-state index >= 15 is 0 Å². The molecule has 0 bridgehead atoms. The number of phenolic OH excluding ortho intramolecular Hbond substituents is 1. The third-order valence-corrected chi connectivity index (χ3v) is 7.88. The van der Waals surface area contributed by atoms with Gasteiger partial charge in [-0.05, 0) is 98.0 Å². The van der Waals surface area contributed by atoms with Crippen molar-refractivity contribution < 1.29 is 14.6 Å². The number of benzene rings is 2. The summed E-state index contributed by atoms with van der Waals surface area (Å²) in [7, 11) is 1.58. The number of H-pyrrole nitrogens is 1. The zero-order valence-corrected chi connectivity index (χ0v) is 23.6. The summed E-state index contributed by atoms with van der Waals surface area (Å²) in [4.78, 5) is 32.0. The molecule has 1 fully saturated rings. The summed E-state index contributed by atoms with van der Waals surface area (Å²) in [5, 5.41) is 13.9. The Bertz CT molecular complexity index is 1680. The second-order valence-electron chi connectivity index (χ2n) is 10.7. The maximum atomic E-state index is 13.1. The average Bonchev–Trinajstić information content (AvgIpc) is 3.46. The van der Waals surface area contributed by atoms with Gasteiger partial charge < -0.3 is 25.0 Å². The quantitative estimate of drug-likeness (QED) is 0.225. The summed E-state index contributed by atoms with van der Waals surface area (Å²) >= 11 is 0. The number of amides is 1. The van der Waals surface area contributed by atoms with Crippen molar-refractivity contribution in [2.24, 2.45) is 0 Å². The van der Waals surface area contributed by atoms with E-state index in [0.717, 1.165) is 62.0 Å². The molecule has 4 heterocycles. The molecule has 214 valence electrons. The summed E-state index contributed by atoms with van der Waals surface area (Å²) in [5.41, 5.74) is 5.55. The molecule has 5 aromatic rings. The first-order valence-electron chi connectivity index (χ1n) is 14.3. The molecule has 1 aliphatic heterocycles. The monoisotopic (exact) mass is 562 g/mol. The first-order valence-corrected chi connectivity index (χ1v) is 14.3. The minimum atomic E-state index is -0.0855. The number of phenols is 1. The van der Waals surface area contributed by atoms with E-state index in [0.29, 0.717) is 28.3 Å². The standard InChI is InChI=1S/C33H34N6O3/c1-42-33-26(5-2-14-35-33)23-7-9-30(40)27(20-23)31-37-28-8-6-24(21-29(28)38-31)32(41)36-25-12-18-39(19-13-25)17-3-4-22-10-15-34-16-11-22/h2,5-11,14-16,20-21,25,40H,3-4,12-13,17-19H2,1H3,(H,36,41)(H,37,38). The SMILES string of the molecule is COc1ncccc1-c1ccc(O)c(-c2nc3ccc(C(=O)NC4CCN(CCCc5ccncc5)CC4)cc3[nH]2)c1. The predicted molar refractivity (Wildman–Crippen MR) is 162 cm³/mol. The fourth-order valence-electron chi connectivity index (χ4n) is 5.57. The van der Waals surface area contributed by atoms with Crippen LogP contribution >= 0.6 is 0 Å². The molecule has 9 nitrogen and oxygen atoms in total. The number of aromatic amines is 1. The number of aryl methyl sites for hydroxylation is 1. The van der Waals surface area contributed by atoms with Gasteiger partial charge in [-0.3, -0.25) is 9.78 Å². The number of pyridine rings is 2. The van der Waals surface area contributed by atoms with Crippen molar-refractivity contribution in [2.45, 2.75) is 31.7 Å². The van der Waals surface area contributed by atoms with Gasteiger partial charge in [0.05, 0.1) is 23.7 Å². The number of imidazole rings is 1. The number of aromatic nitrogens is 4. The Kier molecular flexibility index (Phi) is 8.09. The van der Waals surface area contributed by atoms with E-state index in [1.165, 1.54) is 5.56 Å². The molecular formula is C33H34N6O3. The van der Waals surface area contributed by atoms with Crippen LogP contribution in [0.4, 0.5) is 0 Å². The van der Waals surface area contributed by atoms with Gasteiger partial charge in [-0.25, -0.2) is 9.97 Å². The smallest absolute Gasteiger partial charge is 0.251 e. The van der Waals surface area contributed by atoms with Crippen LogP contribution in [0.25, 0.3) is 33.5 Å². The topological polar surface area (TPSA) is 116 Å². The van der Waals surface area contributed by atoms with Gasteiger partial charge in [-0.2, -0.15) is 0 Å². The van der Waals surface area contributed by atoms with E-state index in [-0.39, 0.29) is 17.7 Å². The minimum Gasteiger partial charge on any atom is -0.507 e. The molecule has 9 heteroatoms. The Labute approximate surface area is 244 Å². The number of hydrogen-bond acceptors (Lipinski definition) is 7. The van der Waals surface area contributed by atoms with Crippen LogP contribution in [0.5, 0.6) is 11.6 Å². The highest BCUT2D eigenvalue weighted by atomic mass is 16.5. The number of carbonyl (C=O) groups is 1. The van der Waals surface area contributed by atoms with Crippen molar-refractivity contribution in [3.8, 4) is 34.1 Å². The van der Waals surface area contributed by atoms with E-state index in [9.17, 15) is 9.90 Å². The molecule has 3 aromatic heterocycles. The Hall–Kier alpha value is -4.76. The molecule has 1 aliphatic rings. The van der Waals surface area contributed by atoms with E-state index < -0.39 is 0 Å². The first-order chi connectivity index (χ1) is 20.6. The van der Waals surface area contributed by atoms with E-state index in [1.54, 1.807) is 25.4 Å². The van der Waals surface area contributed by atoms with Gasteiger partial charge in [0.25, 0.3) is 5.91 Å². The number of nitrogens with one attached hydrogen (secondary N) is 2. The second-order valence-corrected chi connectivity index (χ2v) is 10.7. The molecule has 0 unspecified atom stereocenters. The maximum absolute atomic E-state index is 13.1. The van der Waals surface area contributed by atoms with Crippen LogP contribution in [0.3, 0.4) is 0 Å². The normalized spacial score (nSPS) is 14.2. The average molecular weight is 563 g/mol. The van der Waals surface area contributed by atoms with Crippen LogP contribution in [0.1, 0.15) is 35.2 Å². The lowest BCUT2D eigenvalue weighted by atomic mass is 10.0. The van der Waals surface area contributed by atoms with Crippen LogP contribution in [0.15, 0.2) is 79.3 Å². The fraction of sp³-hybridized carbons (Fsp3) is 0.273. The predicted octanol–water partition coefficient (Wildman–Crippen LogP) is 5.23. The highest BCUT2D eigenvalue weighted by Gasteiger charge is 2.21. The van der Waals surface area contributed by atoms with Crippen molar-refractivity contribution in [2.75, 3.05) is 26.7 Å². The summed E-state index contributed by atoms with van der Waals surface area (Å²) in [5.74, 6) is 1.03. The largest absolute Gasteiger partial charge is 0.507 e. The lowest BCUT2D eigenvalue weighted by Gasteiger charge is -2.32. The van der Waals surface area contributed by atoms with Gasteiger partial charge in [0.1, 0.15) is 11.6 Å². The number of carbonyl (C=O) groups excluding carboxylic acids is 1. The first kappa shape index (κ1) is 27.4. The number of nitrogens with zero attached hydrogens (tertiary/aromatic N) is 4. The Balaban J connectivity index is 1.09. The number of rotatable bonds is 9.